The first-order valence-corrected chi connectivity index (χ1v) is 9.89. The van der Waals surface area contributed by atoms with Crippen molar-refractivity contribution in [2.45, 2.75) is 37.6 Å². The van der Waals surface area contributed by atoms with Crippen LogP contribution in [0.15, 0.2) is 64.6 Å². The van der Waals surface area contributed by atoms with E-state index in [9.17, 15) is 4.79 Å². The molecule has 148 valence electrons. The van der Waals surface area contributed by atoms with Gasteiger partial charge in [0.15, 0.2) is 6.17 Å². The Hall–Kier alpha value is -3.35. The fourth-order valence-corrected chi connectivity index (χ4v) is 3.77. The Morgan fingerprint density at radius 3 is 2.72 bits per heavy atom. The molecule has 1 aliphatic carbocycles. The molecular formula is C22H23N5O2. The minimum absolute atomic E-state index is 0.0723. The Kier molecular flexibility index (Phi) is 4.42. The molecule has 2 atom stereocenters. The van der Waals surface area contributed by atoms with E-state index in [-0.39, 0.29) is 18.2 Å². The van der Waals surface area contributed by atoms with Gasteiger partial charge >= 0.3 is 6.03 Å². The average molecular weight is 389 g/mol. The molecule has 0 aromatic heterocycles. The first kappa shape index (κ1) is 17.7. The fourth-order valence-electron chi connectivity index (χ4n) is 3.77. The largest absolute Gasteiger partial charge is 0.497 e. The number of carbonyl (C=O) groups excluding carboxylic acids is 1. The molecule has 7 heteroatoms. The molecule has 2 aromatic carbocycles. The molecule has 2 unspecified atom stereocenters. The third-order valence-electron chi connectivity index (χ3n) is 5.42. The predicted molar refractivity (Wildman–Crippen MR) is 113 cm³/mol. The number of methoxy groups -OCH3 is 1. The predicted octanol–water partition coefficient (Wildman–Crippen LogP) is 3.02. The number of rotatable bonds is 5. The zero-order valence-corrected chi connectivity index (χ0v) is 16.2. The van der Waals surface area contributed by atoms with Gasteiger partial charge in [-0.15, -0.1) is 0 Å². The van der Waals surface area contributed by atoms with Crippen molar-refractivity contribution in [3.05, 3.63) is 60.2 Å². The molecule has 1 saturated heterocycles. The van der Waals surface area contributed by atoms with Crippen molar-refractivity contribution >= 4 is 23.9 Å². The van der Waals surface area contributed by atoms with Crippen molar-refractivity contribution in [3.8, 4) is 5.75 Å². The molecule has 3 aliphatic rings. The van der Waals surface area contributed by atoms with Gasteiger partial charge in [0.2, 0.25) is 5.96 Å². The summed E-state index contributed by atoms with van der Waals surface area (Å²) in [7, 11) is 1.64. The molecule has 7 nitrogen and oxygen atoms in total. The van der Waals surface area contributed by atoms with Gasteiger partial charge in [-0.2, -0.15) is 0 Å². The SMILES string of the molecule is COc1cccc(CN2C(=O)N(c3ccccc3)C3N=C(NC4CC4)N=CC32)c1. The maximum absolute atomic E-state index is 13.4. The molecule has 2 fully saturated rings. The van der Waals surface area contributed by atoms with E-state index in [0.29, 0.717) is 18.5 Å². The number of aliphatic imine (C=N–C) groups is 2. The van der Waals surface area contributed by atoms with Gasteiger partial charge in [-0.05, 0) is 42.7 Å². The summed E-state index contributed by atoms with van der Waals surface area (Å²) in [6.45, 7) is 0.466. The number of carbonyl (C=O) groups is 1. The molecular weight excluding hydrogens is 366 g/mol. The Balaban J connectivity index is 1.47. The zero-order chi connectivity index (χ0) is 19.8. The Labute approximate surface area is 169 Å². The lowest BCUT2D eigenvalue weighted by Gasteiger charge is -2.25. The van der Waals surface area contributed by atoms with E-state index in [1.165, 1.54) is 0 Å². The maximum Gasteiger partial charge on any atom is 0.327 e. The van der Waals surface area contributed by atoms with Gasteiger partial charge in [0, 0.05) is 24.5 Å². The lowest BCUT2D eigenvalue weighted by molar-refractivity contribution is 0.212. The van der Waals surface area contributed by atoms with E-state index in [0.717, 1.165) is 29.8 Å². The fraction of sp³-hybridized carbons (Fsp3) is 0.318. The van der Waals surface area contributed by atoms with E-state index in [2.05, 4.69) is 10.3 Å². The van der Waals surface area contributed by atoms with Gasteiger partial charge in [-0.3, -0.25) is 4.90 Å². The maximum atomic E-state index is 13.4. The van der Waals surface area contributed by atoms with Crippen LogP contribution in [0.5, 0.6) is 5.75 Å². The number of guanidine groups is 1. The third-order valence-corrected chi connectivity index (χ3v) is 5.42. The standard InChI is InChI=1S/C22H23N5O2/c1-29-18-9-5-6-15(12-18)14-26-19-13-23-21(24-16-10-11-16)25-20(19)27(22(26)28)17-7-3-2-4-8-17/h2-9,12-13,16,19-20H,10-11,14H2,1H3,(H,24,25). The van der Waals surface area contributed by atoms with E-state index in [1.54, 1.807) is 12.0 Å². The molecule has 2 aromatic rings. The summed E-state index contributed by atoms with van der Waals surface area (Å²) in [4.78, 5) is 26.4. The summed E-state index contributed by atoms with van der Waals surface area (Å²) >= 11 is 0. The molecule has 0 bridgehead atoms. The number of benzene rings is 2. The second kappa shape index (κ2) is 7.24. The lowest BCUT2D eigenvalue weighted by Crippen LogP contribution is -2.42. The Morgan fingerprint density at radius 1 is 1.14 bits per heavy atom. The van der Waals surface area contributed by atoms with Crippen LogP contribution in [0, 0.1) is 0 Å². The quantitative estimate of drug-likeness (QED) is 0.855. The van der Waals surface area contributed by atoms with Crippen molar-refractivity contribution in [3.63, 3.8) is 0 Å². The van der Waals surface area contributed by atoms with E-state index < -0.39 is 0 Å². The number of nitrogens with one attached hydrogen (secondary N) is 1. The molecule has 2 amide bonds. The molecule has 1 saturated carbocycles. The van der Waals surface area contributed by atoms with E-state index in [1.807, 2.05) is 65.7 Å². The number of urea groups is 1. The summed E-state index contributed by atoms with van der Waals surface area (Å²) in [6, 6.07) is 17.7. The molecule has 2 heterocycles. The van der Waals surface area contributed by atoms with Gasteiger partial charge in [0.25, 0.3) is 0 Å². The van der Waals surface area contributed by atoms with E-state index >= 15 is 0 Å². The number of anilines is 1. The minimum atomic E-state index is -0.339. The second-order valence-electron chi connectivity index (χ2n) is 7.52. The van der Waals surface area contributed by atoms with Gasteiger partial charge < -0.3 is 15.0 Å². The molecule has 0 spiro atoms. The van der Waals surface area contributed by atoms with Gasteiger partial charge in [0.05, 0.1) is 7.11 Å². The van der Waals surface area contributed by atoms with Crippen LogP contribution in [0.3, 0.4) is 0 Å². The highest BCUT2D eigenvalue weighted by Gasteiger charge is 2.47. The Morgan fingerprint density at radius 2 is 1.97 bits per heavy atom. The normalized spacial score (nSPS) is 23.1. The Bertz CT molecular complexity index is 970. The number of para-hydroxylation sites is 1. The highest BCUT2D eigenvalue weighted by molar-refractivity contribution is 6.02. The van der Waals surface area contributed by atoms with Crippen LogP contribution >= 0.6 is 0 Å². The van der Waals surface area contributed by atoms with Crippen LogP contribution in [-0.4, -0.2) is 48.5 Å². The molecule has 0 radical (unpaired) electrons. The van der Waals surface area contributed by atoms with E-state index in [4.69, 9.17) is 9.73 Å². The molecule has 2 aliphatic heterocycles. The van der Waals surface area contributed by atoms with Crippen molar-refractivity contribution in [2.75, 3.05) is 12.0 Å². The highest BCUT2D eigenvalue weighted by atomic mass is 16.5. The molecule has 29 heavy (non-hydrogen) atoms. The van der Waals surface area contributed by atoms with Gasteiger partial charge in [-0.25, -0.2) is 14.8 Å². The zero-order valence-electron chi connectivity index (χ0n) is 16.2. The molecule has 1 N–H and O–H groups in total. The summed E-state index contributed by atoms with van der Waals surface area (Å²) in [6.07, 6.45) is 3.80. The number of hydrogen-bond acceptors (Lipinski definition) is 5. The van der Waals surface area contributed by atoms with Crippen molar-refractivity contribution < 1.29 is 9.53 Å². The first-order chi connectivity index (χ1) is 14.2. The van der Waals surface area contributed by atoms with Gasteiger partial charge in [-0.1, -0.05) is 30.3 Å². The van der Waals surface area contributed by atoms with Crippen LogP contribution in [-0.2, 0) is 6.54 Å². The summed E-state index contributed by atoms with van der Waals surface area (Å²) in [5.41, 5.74) is 1.84. The summed E-state index contributed by atoms with van der Waals surface area (Å²) < 4.78 is 5.33. The number of nitrogens with zero attached hydrogens (tertiary/aromatic N) is 4. The summed E-state index contributed by atoms with van der Waals surface area (Å²) in [5.74, 6) is 1.39. The number of ether oxygens (including phenoxy) is 1. The topological polar surface area (TPSA) is 69.5 Å². The van der Waals surface area contributed by atoms with Crippen LogP contribution in [0.1, 0.15) is 18.4 Å². The lowest BCUT2D eigenvalue weighted by atomic mass is 10.1. The minimum Gasteiger partial charge on any atom is -0.497 e. The molecule has 5 rings (SSSR count). The smallest absolute Gasteiger partial charge is 0.327 e. The first-order valence-electron chi connectivity index (χ1n) is 9.89. The number of fused-ring (bicyclic) bond motifs is 1. The monoisotopic (exact) mass is 389 g/mol. The van der Waals surface area contributed by atoms with Crippen LogP contribution in [0.2, 0.25) is 0 Å². The number of amides is 2. The highest BCUT2D eigenvalue weighted by Crippen LogP contribution is 2.32. The van der Waals surface area contributed by atoms with Crippen LogP contribution in [0.25, 0.3) is 0 Å². The van der Waals surface area contributed by atoms with Crippen molar-refractivity contribution in [2.24, 2.45) is 9.98 Å². The van der Waals surface area contributed by atoms with Crippen LogP contribution in [0.4, 0.5) is 10.5 Å². The van der Waals surface area contributed by atoms with Crippen molar-refractivity contribution in [1.82, 2.24) is 10.2 Å². The summed E-state index contributed by atoms with van der Waals surface area (Å²) in [5, 5.41) is 3.35. The third kappa shape index (κ3) is 3.44. The van der Waals surface area contributed by atoms with Crippen molar-refractivity contribution in [1.29, 1.82) is 0 Å². The van der Waals surface area contributed by atoms with Gasteiger partial charge in [0.1, 0.15) is 11.8 Å². The second-order valence-corrected chi connectivity index (χ2v) is 7.52. The average Bonchev–Trinajstić information content (AvgIpc) is 3.53. The van der Waals surface area contributed by atoms with Crippen LogP contribution < -0.4 is 15.0 Å². The number of hydrogen-bond donors (Lipinski definition) is 1.